The number of carbonyl (C=O) groups is 1. The highest BCUT2D eigenvalue weighted by molar-refractivity contribution is 5.94. The van der Waals surface area contributed by atoms with Crippen LogP contribution in [0.15, 0.2) is 102 Å². The topological polar surface area (TPSA) is 77.9 Å². The highest BCUT2D eigenvalue weighted by Gasteiger charge is 2.18. The van der Waals surface area contributed by atoms with Gasteiger partial charge in [-0.1, -0.05) is 42.5 Å². The zero-order chi connectivity index (χ0) is 21.8. The summed E-state index contributed by atoms with van der Waals surface area (Å²) in [6.07, 6.45) is 5.29. The first kappa shape index (κ1) is 19.6. The number of para-hydroxylation sites is 1. The maximum atomic E-state index is 13.1. The molecule has 1 N–H and O–H groups in total. The molecule has 0 aliphatic carbocycles. The number of hydrogen-bond donors (Lipinski definition) is 1. The van der Waals surface area contributed by atoms with Crippen LogP contribution in [0.1, 0.15) is 21.6 Å². The number of furan rings is 1. The van der Waals surface area contributed by atoms with Crippen molar-refractivity contribution in [2.45, 2.75) is 13.1 Å². The van der Waals surface area contributed by atoms with Crippen LogP contribution in [-0.4, -0.2) is 25.5 Å². The first-order valence-electron chi connectivity index (χ1n) is 10.3. The van der Waals surface area contributed by atoms with Crippen LogP contribution in [0.4, 0.5) is 0 Å². The van der Waals surface area contributed by atoms with Crippen LogP contribution >= 0.6 is 0 Å². The lowest BCUT2D eigenvalue weighted by Crippen LogP contribution is -2.25. The molecule has 32 heavy (non-hydrogen) atoms. The quantitative estimate of drug-likeness (QED) is 0.423. The van der Waals surface area contributed by atoms with Crippen molar-refractivity contribution in [2.75, 3.05) is 0 Å². The number of nitrogens with one attached hydrogen (secondary N) is 1. The molecule has 1 amide bonds. The Morgan fingerprint density at radius 1 is 0.938 bits per heavy atom. The molecule has 0 fully saturated rings. The van der Waals surface area contributed by atoms with E-state index in [1.54, 1.807) is 29.3 Å². The van der Waals surface area contributed by atoms with Gasteiger partial charge >= 0.3 is 0 Å². The van der Waals surface area contributed by atoms with Gasteiger partial charge in [0.2, 0.25) is 0 Å². The molecule has 0 spiro atoms. The molecule has 7 nitrogen and oxygen atoms in total. The summed E-state index contributed by atoms with van der Waals surface area (Å²) in [6.45, 7) is 1.13. The van der Waals surface area contributed by atoms with Crippen LogP contribution in [0.3, 0.4) is 0 Å². The smallest absolute Gasteiger partial charge is 0.270 e. The second-order valence-electron chi connectivity index (χ2n) is 7.34. The molecule has 0 aliphatic heterocycles. The van der Waals surface area contributed by atoms with E-state index in [1.165, 1.54) is 0 Å². The van der Waals surface area contributed by atoms with Gasteiger partial charge in [0.05, 0.1) is 18.5 Å². The summed E-state index contributed by atoms with van der Waals surface area (Å²) in [5.74, 6) is 0.404. The molecule has 0 saturated heterocycles. The zero-order valence-electron chi connectivity index (χ0n) is 17.3. The Hall–Kier alpha value is -4.39. The van der Waals surface area contributed by atoms with Crippen LogP contribution in [0.2, 0.25) is 0 Å². The minimum atomic E-state index is -0.209. The maximum Gasteiger partial charge on any atom is 0.270 e. The van der Waals surface area contributed by atoms with Crippen molar-refractivity contribution in [3.05, 3.63) is 114 Å². The predicted octanol–water partition coefficient (Wildman–Crippen LogP) is 4.31. The third-order valence-electron chi connectivity index (χ3n) is 5.10. The van der Waals surface area contributed by atoms with Crippen molar-refractivity contribution in [1.29, 1.82) is 0 Å². The summed E-state index contributed by atoms with van der Waals surface area (Å²) >= 11 is 0. The zero-order valence-corrected chi connectivity index (χ0v) is 17.3. The molecule has 0 unspecified atom stereocenters. The SMILES string of the molecule is O=C(NCc1ccc(Cn2cccn2)cc1)c1cc(-c2ccco2)nn1-c1ccccc1. The van der Waals surface area contributed by atoms with Gasteiger partial charge in [0.1, 0.15) is 11.4 Å². The van der Waals surface area contributed by atoms with E-state index in [0.717, 1.165) is 16.8 Å². The van der Waals surface area contributed by atoms with Gasteiger partial charge in [0, 0.05) is 25.0 Å². The first-order valence-corrected chi connectivity index (χ1v) is 10.3. The van der Waals surface area contributed by atoms with Crippen LogP contribution < -0.4 is 5.32 Å². The molecule has 2 aromatic carbocycles. The van der Waals surface area contributed by atoms with Crippen molar-refractivity contribution >= 4 is 5.91 Å². The van der Waals surface area contributed by atoms with Crippen LogP contribution in [0, 0.1) is 0 Å². The molecule has 3 heterocycles. The molecular weight excluding hydrogens is 402 g/mol. The Balaban J connectivity index is 1.32. The fourth-order valence-electron chi connectivity index (χ4n) is 3.47. The minimum Gasteiger partial charge on any atom is -0.463 e. The van der Waals surface area contributed by atoms with Gasteiger partial charge in [0.25, 0.3) is 5.91 Å². The van der Waals surface area contributed by atoms with Crippen LogP contribution in [0.5, 0.6) is 0 Å². The van der Waals surface area contributed by atoms with Crippen LogP contribution in [0.25, 0.3) is 17.1 Å². The Morgan fingerprint density at radius 2 is 1.75 bits per heavy atom. The highest BCUT2D eigenvalue weighted by atomic mass is 16.3. The minimum absolute atomic E-state index is 0.209. The van der Waals surface area contributed by atoms with Gasteiger partial charge < -0.3 is 9.73 Å². The summed E-state index contributed by atoms with van der Waals surface area (Å²) in [6, 6.07) is 25.0. The monoisotopic (exact) mass is 423 g/mol. The molecule has 158 valence electrons. The Morgan fingerprint density at radius 3 is 2.47 bits per heavy atom. The van der Waals surface area contributed by atoms with Crippen molar-refractivity contribution in [3.63, 3.8) is 0 Å². The van der Waals surface area contributed by atoms with Gasteiger partial charge in [-0.15, -0.1) is 0 Å². The van der Waals surface area contributed by atoms with Gasteiger partial charge in [-0.05, 0) is 41.5 Å². The van der Waals surface area contributed by atoms with E-state index < -0.39 is 0 Å². The molecule has 7 heteroatoms. The second-order valence-corrected chi connectivity index (χ2v) is 7.34. The van der Waals surface area contributed by atoms with E-state index >= 15 is 0 Å². The Labute approximate surface area is 184 Å². The third-order valence-corrected chi connectivity index (χ3v) is 5.10. The number of rotatable bonds is 7. The number of benzene rings is 2. The van der Waals surface area contributed by atoms with Gasteiger partial charge in [-0.25, -0.2) is 4.68 Å². The third kappa shape index (κ3) is 4.22. The number of carbonyl (C=O) groups excluding carboxylic acids is 1. The summed E-state index contributed by atoms with van der Waals surface area (Å²) in [4.78, 5) is 13.1. The van der Waals surface area contributed by atoms with E-state index in [9.17, 15) is 4.79 Å². The lowest BCUT2D eigenvalue weighted by Gasteiger charge is -2.09. The van der Waals surface area contributed by atoms with Crippen molar-refractivity contribution in [2.24, 2.45) is 0 Å². The Kier molecular flexibility index (Phi) is 5.36. The van der Waals surface area contributed by atoms with Crippen molar-refractivity contribution < 1.29 is 9.21 Å². The fourth-order valence-corrected chi connectivity index (χ4v) is 3.47. The average molecular weight is 423 g/mol. The van der Waals surface area contributed by atoms with Gasteiger partial charge in [-0.3, -0.25) is 9.48 Å². The molecule has 3 aromatic heterocycles. The first-order chi connectivity index (χ1) is 15.8. The summed E-state index contributed by atoms with van der Waals surface area (Å²) in [5, 5.41) is 11.8. The largest absolute Gasteiger partial charge is 0.463 e. The summed E-state index contributed by atoms with van der Waals surface area (Å²) in [5.41, 5.74) is 4.01. The molecule has 0 atom stereocenters. The fraction of sp³-hybridized carbons (Fsp3) is 0.0800. The maximum absolute atomic E-state index is 13.1. The molecule has 0 bridgehead atoms. The number of amides is 1. The van der Waals surface area contributed by atoms with E-state index in [2.05, 4.69) is 15.5 Å². The highest BCUT2D eigenvalue weighted by Crippen LogP contribution is 2.22. The number of hydrogen-bond acceptors (Lipinski definition) is 4. The standard InChI is InChI=1S/C25H21N5O2/c31-25(26-17-19-9-11-20(12-10-19)18-29-14-5-13-27-29)23-16-22(24-8-4-15-32-24)28-30(23)21-6-2-1-3-7-21/h1-16H,17-18H2,(H,26,31). The molecule has 5 aromatic rings. The second kappa shape index (κ2) is 8.77. The van der Waals surface area contributed by atoms with E-state index in [1.807, 2.05) is 77.6 Å². The van der Waals surface area contributed by atoms with Crippen molar-refractivity contribution in [1.82, 2.24) is 24.9 Å². The van der Waals surface area contributed by atoms with Crippen LogP contribution in [-0.2, 0) is 13.1 Å². The number of aromatic nitrogens is 4. The predicted molar refractivity (Wildman–Crippen MR) is 120 cm³/mol. The molecular formula is C25H21N5O2. The summed E-state index contributed by atoms with van der Waals surface area (Å²) < 4.78 is 8.98. The van der Waals surface area contributed by atoms with E-state index in [-0.39, 0.29) is 5.91 Å². The lowest BCUT2D eigenvalue weighted by molar-refractivity contribution is 0.0943. The number of nitrogens with zero attached hydrogens (tertiary/aromatic N) is 4. The van der Waals surface area contributed by atoms with E-state index in [4.69, 9.17) is 4.42 Å². The Bertz CT molecular complexity index is 1290. The average Bonchev–Trinajstić information content (AvgIpc) is 3.60. The normalized spacial score (nSPS) is 10.9. The summed E-state index contributed by atoms with van der Waals surface area (Å²) in [7, 11) is 0. The van der Waals surface area contributed by atoms with Gasteiger partial charge in [-0.2, -0.15) is 10.2 Å². The van der Waals surface area contributed by atoms with Crippen molar-refractivity contribution in [3.8, 4) is 17.1 Å². The molecule has 5 rings (SSSR count). The molecule has 0 saturated carbocycles. The lowest BCUT2D eigenvalue weighted by atomic mass is 10.1. The molecule has 0 radical (unpaired) electrons. The van der Waals surface area contributed by atoms with Gasteiger partial charge in [0.15, 0.2) is 5.76 Å². The van der Waals surface area contributed by atoms with E-state index in [0.29, 0.717) is 30.2 Å². The molecule has 0 aliphatic rings.